The molecule has 2 aromatic heterocycles. The number of H-pyrrole nitrogens is 1. The summed E-state index contributed by atoms with van der Waals surface area (Å²) in [6, 6.07) is 3.65. The highest BCUT2D eigenvalue weighted by Crippen LogP contribution is 2.33. The van der Waals surface area contributed by atoms with Gasteiger partial charge in [-0.25, -0.2) is 26.8 Å². The summed E-state index contributed by atoms with van der Waals surface area (Å²) in [4.78, 5) is 41.3. The van der Waals surface area contributed by atoms with E-state index >= 15 is 0 Å². The lowest BCUT2D eigenvalue weighted by molar-refractivity contribution is -0.116. The van der Waals surface area contributed by atoms with Crippen molar-refractivity contribution < 1.29 is 22.0 Å². The highest BCUT2D eigenvalue weighted by Gasteiger charge is 2.22. The lowest BCUT2D eigenvalue weighted by Gasteiger charge is -2.14. The van der Waals surface area contributed by atoms with Gasteiger partial charge in [0.2, 0.25) is 0 Å². The summed E-state index contributed by atoms with van der Waals surface area (Å²) in [7, 11) is -4.35. The first-order valence-corrected chi connectivity index (χ1v) is 11.9. The van der Waals surface area contributed by atoms with Gasteiger partial charge in [-0.05, 0) is 31.5 Å². The van der Waals surface area contributed by atoms with Crippen LogP contribution in [0.3, 0.4) is 0 Å². The topological polar surface area (TPSA) is 136 Å². The number of nitrogens with zero attached hydrogens (tertiary/aromatic N) is 3. The number of benzene rings is 1. The molecule has 1 aromatic carbocycles. The molecule has 0 aliphatic heterocycles. The number of carbonyl (C=O) groups excluding carboxylic acids is 1. The molecule has 3 rings (SSSR count). The van der Waals surface area contributed by atoms with Crippen LogP contribution in [0.4, 0.5) is 8.78 Å². The van der Waals surface area contributed by atoms with E-state index in [-0.39, 0.29) is 27.6 Å². The Kier molecular flexibility index (Phi) is 7.10. The van der Waals surface area contributed by atoms with Crippen molar-refractivity contribution in [2.24, 2.45) is 0 Å². The van der Waals surface area contributed by atoms with E-state index in [0.29, 0.717) is 25.1 Å². The molecule has 10 nitrogen and oxygen atoms in total. The monoisotopic (exact) mass is 483 g/mol. The van der Waals surface area contributed by atoms with Crippen molar-refractivity contribution in [2.75, 3.05) is 10.6 Å². The first-order chi connectivity index (χ1) is 15.6. The van der Waals surface area contributed by atoms with Gasteiger partial charge in [-0.2, -0.15) is 9.77 Å². The molecule has 2 N–H and O–H groups in total. The highest BCUT2D eigenvalue weighted by atomic mass is 32.2. The fraction of sp³-hybridized carbons (Fsp3) is 0.400. The van der Waals surface area contributed by atoms with Gasteiger partial charge in [0.05, 0.1) is 16.6 Å². The molecule has 0 bridgehead atoms. The molecule has 0 amide bonds. The van der Waals surface area contributed by atoms with E-state index in [4.69, 9.17) is 0 Å². The molecule has 0 saturated heterocycles. The number of rotatable bonds is 10. The number of aromatic amines is 1. The number of aryl methyl sites for hydroxylation is 1. The first-order valence-electron chi connectivity index (χ1n) is 10.2. The molecule has 0 aliphatic carbocycles. The number of fused-ring (bicyclic) bond motifs is 1. The first kappa shape index (κ1) is 24.3. The molecule has 0 fully saturated rings. The van der Waals surface area contributed by atoms with E-state index in [1.807, 2.05) is 11.8 Å². The molecule has 0 spiro atoms. The molecular weight excluding hydrogens is 460 g/mol. The summed E-state index contributed by atoms with van der Waals surface area (Å²) in [6.45, 7) is 3.99. The predicted octanol–water partition coefficient (Wildman–Crippen LogP) is 2.14. The SMILES string of the molecule is CCCCC(=O)CS(=O)(=O)Nn1c(=O)[nH]c2cc(C(F)F)c(-c3ccnn3CC)cc2c1=O. The maximum atomic E-state index is 13.8. The van der Waals surface area contributed by atoms with Gasteiger partial charge < -0.3 is 4.98 Å². The fourth-order valence-corrected chi connectivity index (χ4v) is 4.49. The van der Waals surface area contributed by atoms with E-state index in [0.717, 1.165) is 12.1 Å². The third kappa shape index (κ3) is 5.18. The molecule has 0 saturated carbocycles. The van der Waals surface area contributed by atoms with Gasteiger partial charge >= 0.3 is 5.69 Å². The molecule has 0 unspecified atom stereocenters. The largest absolute Gasteiger partial charge is 0.348 e. The zero-order valence-electron chi connectivity index (χ0n) is 18.0. The third-order valence-electron chi connectivity index (χ3n) is 4.99. The number of carbonyl (C=O) groups is 1. The Labute approximate surface area is 187 Å². The van der Waals surface area contributed by atoms with E-state index in [2.05, 4.69) is 10.1 Å². The van der Waals surface area contributed by atoms with Gasteiger partial charge in [-0.3, -0.25) is 14.3 Å². The van der Waals surface area contributed by atoms with E-state index < -0.39 is 44.8 Å². The molecule has 0 aliphatic rings. The predicted molar refractivity (Wildman–Crippen MR) is 118 cm³/mol. The second-order valence-corrected chi connectivity index (χ2v) is 9.08. The lowest BCUT2D eigenvalue weighted by Crippen LogP contribution is -2.44. The van der Waals surface area contributed by atoms with Crippen molar-refractivity contribution in [2.45, 2.75) is 46.1 Å². The Morgan fingerprint density at radius 1 is 1.24 bits per heavy atom. The standard InChI is InChI=1S/C20H23F2N5O5S/c1-3-5-6-12(28)11-33(31,32)25-27-19(29)15-9-13(17-7-8-23-26(17)4-2)14(18(21)22)10-16(15)24-20(27)30/h7-10,18,25H,3-6,11H2,1-2H3,(H,24,30). The number of sulfonamides is 1. The van der Waals surface area contributed by atoms with Crippen LogP contribution in [0, 0.1) is 0 Å². The minimum Gasteiger partial charge on any atom is -0.305 e. The van der Waals surface area contributed by atoms with Crippen molar-refractivity contribution >= 4 is 26.7 Å². The Balaban J connectivity index is 2.13. The Hall–Kier alpha value is -3.35. The Bertz CT molecular complexity index is 1410. The number of aromatic nitrogens is 4. The summed E-state index contributed by atoms with van der Waals surface area (Å²) in [5.41, 5.74) is -2.50. The molecule has 0 radical (unpaired) electrons. The van der Waals surface area contributed by atoms with Crippen LogP contribution in [-0.4, -0.2) is 39.4 Å². The number of ketones is 1. The molecule has 33 heavy (non-hydrogen) atoms. The second kappa shape index (κ2) is 9.65. The van der Waals surface area contributed by atoms with Gasteiger partial charge in [0.15, 0.2) is 0 Å². The summed E-state index contributed by atoms with van der Waals surface area (Å²) in [6.07, 6.45) is -0.237. The van der Waals surface area contributed by atoms with Crippen LogP contribution in [0.2, 0.25) is 0 Å². The smallest absolute Gasteiger partial charge is 0.305 e. The summed E-state index contributed by atoms with van der Waals surface area (Å²) in [5, 5.41) is 3.85. The quantitative estimate of drug-likeness (QED) is 0.454. The van der Waals surface area contributed by atoms with Crippen molar-refractivity contribution in [3.63, 3.8) is 0 Å². The summed E-state index contributed by atoms with van der Waals surface area (Å²) >= 11 is 0. The van der Waals surface area contributed by atoms with Crippen LogP contribution in [0.15, 0.2) is 34.0 Å². The van der Waals surface area contributed by atoms with Crippen LogP contribution < -0.4 is 16.1 Å². The number of Topliss-reactive ketones (excluding diaryl/α,β-unsaturated/α-hetero) is 1. The molecule has 13 heteroatoms. The minimum atomic E-state index is -4.35. The average molecular weight is 483 g/mol. The number of alkyl halides is 2. The molecular formula is C20H23F2N5O5S. The van der Waals surface area contributed by atoms with Crippen LogP contribution in [0.25, 0.3) is 22.2 Å². The van der Waals surface area contributed by atoms with Crippen LogP contribution >= 0.6 is 0 Å². The van der Waals surface area contributed by atoms with Gasteiger partial charge in [0, 0.05) is 30.3 Å². The fourth-order valence-electron chi connectivity index (χ4n) is 3.41. The van der Waals surface area contributed by atoms with Gasteiger partial charge in [-0.1, -0.05) is 13.3 Å². The maximum absolute atomic E-state index is 13.8. The van der Waals surface area contributed by atoms with Gasteiger partial charge in [0.25, 0.3) is 22.0 Å². The number of halogens is 2. The van der Waals surface area contributed by atoms with Gasteiger partial charge in [0.1, 0.15) is 11.5 Å². The normalized spacial score (nSPS) is 11.9. The van der Waals surface area contributed by atoms with Crippen LogP contribution in [0.5, 0.6) is 0 Å². The minimum absolute atomic E-state index is 0.0187. The summed E-state index contributed by atoms with van der Waals surface area (Å²) in [5.74, 6) is -1.46. The van der Waals surface area contributed by atoms with Gasteiger partial charge in [-0.15, -0.1) is 0 Å². The number of hydrogen-bond donors (Lipinski definition) is 2. The van der Waals surface area contributed by atoms with Crippen molar-refractivity contribution in [1.82, 2.24) is 19.4 Å². The highest BCUT2D eigenvalue weighted by molar-refractivity contribution is 7.93. The van der Waals surface area contributed by atoms with Crippen molar-refractivity contribution in [1.29, 1.82) is 0 Å². The average Bonchev–Trinajstić information content (AvgIpc) is 3.22. The third-order valence-corrected chi connectivity index (χ3v) is 6.15. The zero-order chi connectivity index (χ0) is 24.3. The maximum Gasteiger partial charge on any atom is 0.348 e. The zero-order valence-corrected chi connectivity index (χ0v) is 18.8. The lowest BCUT2D eigenvalue weighted by atomic mass is 10.0. The van der Waals surface area contributed by atoms with Crippen molar-refractivity contribution in [3.8, 4) is 11.3 Å². The number of unbranched alkanes of at least 4 members (excludes halogenated alkanes) is 1. The van der Waals surface area contributed by atoms with E-state index in [9.17, 15) is 31.6 Å². The van der Waals surface area contributed by atoms with E-state index in [1.165, 1.54) is 16.9 Å². The van der Waals surface area contributed by atoms with E-state index in [1.54, 1.807) is 6.92 Å². The van der Waals surface area contributed by atoms with Crippen molar-refractivity contribution in [3.05, 3.63) is 50.8 Å². The Morgan fingerprint density at radius 2 is 1.97 bits per heavy atom. The molecule has 0 atom stereocenters. The molecule has 2 heterocycles. The van der Waals surface area contributed by atoms with Crippen LogP contribution in [-0.2, 0) is 21.4 Å². The molecule has 178 valence electrons. The molecule has 3 aromatic rings. The number of hydrogen-bond acceptors (Lipinski definition) is 6. The number of nitrogens with one attached hydrogen (secondary N) is 2. The summed E-state index contributed by atoms with van der Waals surface area (Å²) < 4.78 is 53.9. The second-order valence-electron chi connectivity index (χ2n) is 7.38. The Morgan fingerprint density at radius 3 is 2.61 bits per heavy atom. The van der Waals surface area contributed by atoms with Crippen LogP contribution in [0.1, 0.15) is 45.1 Å².